The highest BCUT2D eigenvalue weighted by Crippen LogP contribution is 2.29. The van der Waals surface area contributed by atoms with Crippen LogP contribution in [-0.2, 0) is 9.53 Å². The second-order valence-corrected chi connectivity index (χ2v) is 7.93. The van der Waals surface area contributed by atoms with Crippen molar-refractivity contribution in [1.29, 1.82) is 0 Å². The number of ether oxygens (including phenoxy) is 1. The fraction of sp³-hybridized carbons (Fsp3) is 0.625. The SMILES string of the molecule is CC(C)CCOC(C)CNC(=O)CCSSc1ccccn1. The van der Waals surface area contributed by atoms with Gasteiger partial charge in [0.05, 0.1) is 6.10 Å². The molecular formula is C16H26N2O2S2. The van der Waals surface area contributed by atoms with Crippen LogP contribution in [0.3, 0.4) is 0 Å². The molecule has 0 saturated heterocycles. The number of aromatic nitrogens is 1. The number of amides is 1. The van der Waals surface area contributed by atoms with Crippen LogP contribution in [0.25, 0.3) is 0 Å². The Hall–Kier alpha value is -0.720. The number of carbonyl (C=O) groups is 1. The molecule has 0 aromatic carbocycles. The molecule has 1 N–H and O–H groups in total. The van der Waals surface area contributed by atoms with Crippen molar-refractivity contribution in [1.82, 2.24) is 10.3 Å². The summed E-state index contributed by atoms with van der Waals surface area (Å²) in [5.74, 6) is 1.50. The second kappa shape index (κ2) is 11.8. The van der Waals surface area contributed by atoms with Crippen LogP contribution in [0.1, 0.15) is 33.6 Å². The molecule has 0 radical (unpaired) electrons. The van der Waals surface area contributed by atoms with Crippen LogP contribution in [-0.4, -0.2) is 35.9 Å². The van der Waals surface area contributed by atoms with Gasteiger partial charge in [0.1, 0.15) is 5.03 Å². The maximum absolute atomic E-state index is 11.7. The van der Waals surface area contributed by atoms with Gasteiger partial charge < -0.3 is 10.1 Å². The Balaban J connectivity index is 2.01. The molecule has 1 heterocycles. The summed E-state index contributed by atoms with van der Waals surface area (Å²) in [4.78, 5) is 16.0. The average Bonchev–Trinajstić information content (AvgIpc) is 2.50. The van der Waals surface area contributed by atoms with Crippen LogP contribution < -0.4 is 5.32 Å². The van der Waals surface area contributed by atoms with Gasteiger partial charge >= 0.3 is 0 Å². The fourth-order valence-corrected chi connectivity index (χ4v) is 3.41. The van der Waals surface area contributed by atoms with Crippen molar-refractivity contribution in [3.63, 3.8) is 0 Å². The van der Waals surface area contributed by atoms with Crippen LogP contribution in [0.2, 0.25) is 0 Å². The third-order valence-corrected chi connectivity index (χ3v) is 5.15. The first-order valence-electron chi connectivity index (χ1n) is 7.66. The molecule has 1 aromatic heterocycles. The number of nitrogens with zero attached hydrogens (tertiary/aromatic N) is 1. The second-order valence-electron chi connectivity index (χ2n) is 5.49. The minimum Gasteiger partial charge on any atom is -0.377 e. The monoisotopic (exact) mass is 342 g/mol. The van der Waals surface area contributed by atoms with Crippen molar-refractivity contribution in [2.24, 2.45) is 5.92 Å². The van der Waals surface area contributed by atoms with E-state index in [1.165, 1.54) is 0 Å². The Morgan fingerprint density at radius 2 is 2.18 bits per heavy atom. The Morgan fingerprint density at radius 1 is 1.36 bits per heavy atom. The quantitative estimate of drug-likeness (QED) is 0.490. The zero-order chi connectivity index (χ0) is 16.2. The van der Waals surface area contributed by atoms with Crippen LogP contribution in [0.4, 0.5) is 0 Å². The lowest BCUT2D eigenvalue weighted by atomic mass is 10.1. The van der Waals surface area contributed by atoms with E-state index in [2.05, 4.69) is 24.1 Å². The molecule has 1 amide bonds. The summed E-state index contributed by atoms with van der Waals surface area (Å²) in [7, 11) is 3.25. The minimum atomic E-state index is 0.0678. The predicted molar refractivity (Wildman–Crippen MR) is 95.0 cm³/mol. The molecule has 0 spiro atoms. The number of pyridine rings is 1. The fourth-order valence-electron chi connectivity index (χ4n) is 1.54. The van der Waals surface area contributed by atoms with Crippen LogP contribution in [0.5, 0.6) is 0 Å². The van der Waals surface area contributed by atoms with E-state index in [1.807, 2.05) is 25.1 Å². The van der Waals surface area contributed by atoms with Crippen molar-refractivity contribution < 1.29 is 9.53 Å². The summed E-state index contributed by atoms with van der Waals surface area (Å²) >= 11 is 0. The Bertz CT molecular complexity index is 416. The molecule has 0 fully saturated rings. The van der Waals surface area contributed by atoms with Crippen LogP contribution in [0.15, 0.2) is 29.4 Å². The van der Waals surface area contributed by atoms with E-state index in [4.69, 9.17) is 4.74 Å². The standard InChI is InChI=1S/C16H26N2O2S2/c1-13(2)7-10-20-14(3)12-18-15(19)8-11-21-22-16-6-4-5-9-17-16/h4-6,9,13-14H,7-8,10-12H2,1-3H3,(H,18,19). The highest BCUT2D eigenvalue weighted by Gasteiger charge is 2.06. The Kier molecular flexibility index (Phi) is 10.4. The zero-order valence-corrected chi connectivity index (χ0v) is 15.2. The zero-order valence-electron chi connectivity index (χ0n) is 13.6. The first-order chi connectivity index (χ1) is 10.6. The third kappa shape index (κ3) is 10.1. The van der Waals surface area contributed by atoms with Gasteiger partial charge in [-0.25, -0.2) is 4.98 Å². The highest BCUT2D eigenvalue weighted by molar-refractivity contribution is 8.76. The largest absolute Gasteiger partial charge is 0.377 e. The lowest BCUT2D eigenvalue weighted by molar-refractivity contribution is -0.121. The van der Waals surface area contributed by atoms with Crippen molar-refractivity contribution >= 4 is 27.5 Å². The van der Waals surface area contributed by atoms with Crippen LogP contribution >= 0.6 is 21.6 Å². The summed E-state index contributed by atoms with van der Waals surface area (Å²) in [5.41, 5.74) is 0. The predicted octanol–water partition coefficient (Wildman–Crippen LogP) is 3.78. The first-order valence-corrected chi connectivity index (χ1v) is 9.98. The molecule has 6 heteroatoms. The smallest absolute Gasteiger partial charge is 0.220 e. The molecule has 1 unspecified atom stereocenters. The van der Waals surface area contributed by atoms with E-state index >= 15 is 0 Å². The van der Waals surface area contributed by atoms with Crippen molar-refractivity contribution in [2.75, 3.05) is 18.9 Å². The molecule has 0 aliphatic rings. The maximum atomic E-state index is 11.7. The van der Waals surface area contributed by atoms with Gasteiger partial charge in [-0.1, -0.05) is 30.7 Å². The molecule has 124 valence electrons. The normalized spacial score (nSPS) is 12.4. The van der Waals surface area contributed by atoms with E-state index in [-0.39, 0.29) is 12.0 Å². The van der Waals surface area contributed by atoms with Gasteiger partial charge in [-0.05, 0) is 42.2 Å². The van der Waals surface area contributed by atoms with Crippen molar-refractivity contribution in [3.8, 4) is 0 Å². The molecule has 0 aliphatic carbocycles. The summed E-state index contributed by atoms with van der Waals surface area (Å²) in [6.45, 7) is 7.68. The maximum Gasteiger partial charge on any atom is 0.220 e. The molecule has 1 atom stereocenters. The topological polar surface area (TPSA) is 51.2 Å². The van der Waals surface area contributed by atoms with Gasteiger partial charge in [-0.3, -0.25) is 4.79 Å². The lowest BCUT2D eigenvalue weighted by Gasteiger charge is -2.14. The molecule has 22 heavy (non-hydrogen) atoms. The van der Waals surface area contributed by atoms with E-state index in [0.717, 1.165) is 23.8 Å². The Morgan fingerprint density at radius 3 is 2.86 bits per heavy atom. The van der Waals surface area contributed by atoms with E-state index in [0.29, 0.717) is 18.9 Å². The lowest BCUT2D eigenvalue weighted by Crippen LogP contribution is -2.32. The number of hydrogen-bond acceptors (Lipinski definition) is 5. The minimum absolute atomic E-state index is 0.0678. The van der Waals surface area contributed by atoms with Crippen LogP contribution in [0, 0.1) is 5.92 Å². The van der Waals surface area contributed by atoms with Crippen molar-refractivity contribution in [2.45, 2.75) is 44.7 Å². The average molecular weight is 343 g/mol. The van der Waals surface area contributed by atoms with Gasteiger partial charge in [0.15, 0.2) is 0 Å². The molecule has 0 bridgehead atoms. The number of nitrogens with one attached hydrogen (secondary N) is 1. The number of rotatable bonds is 11. The van der Waals surface area contributed by atoms with Gasteiger partial charge in [-0.15, -0.1) is 0 Å². The van der Waals surface area contributed by atoms with E-state index < -0.39 is 0 Å². The first kappa shape index (κ1) is 19.3. The molecule has 0 saturated carbocycles. The van der Waals surface area contributed by atoms with Crippen molar-refractivity contribution in [3.05, 3.63) is 24.4 Å². The van der Waals surface area contributed by atoms with Gasteiger partial charge in [-0.2, -0.15) is 0 Å². The molecular weight excluding hydrogens is 316 g/mol. The molecule has 1 aromatic rings. The summed E-state index contributed by atoms with van der Waals surface area (Å²) < 4.78 is 5.65. The number of hydrogen-bond donors (Lipinski definition) is 1. The highest BCUT2D eigenvalue weighted by atomic mass is 33.1. The summed E-state index contributed by atoms with van der Waals surface area (Å²) in [6, 6.07) is 5.82. The molecule has 0 aliphatic heterocycles. The van der Waals surface area contributed by atoms with E-state index in [1.54, 1.807) is 27.8 Å². The Labute approximate surface area is 141 Å². The summed E-state index contributed by atoms with van der Waals surface area (Å²) in [6.07, 6.45) is 3.41. The van der Waals surface area contributed by atoms with Gasteiger partial charge in [0.2, 0.25) is 5.91 Å². The summed E-state index contributed by atoms with van der Waals surface area (Å²) in [5, 5.41) is 3.89. The molecule has 1 rings (SSSR count). The third-order valence-electron chi connectivity index (χ3n) is 2.88. The van der Waals surface area contributed by atoms with E-state index in [9.17, 15) is 4.79 Å². The number of carbonyl (C=O) groups excluding carboxylic acids is 1. The van der Waals surface area contributed by atoms with Gasteiger partial charge in [0, 0.05) is 31.5 Å². The molecule has 4 nitrogen and oxygen atoms in total. The van der Waals surface area contributed by atoms with Gasteiger partial charge in [0.25, 0.3) is 0 Å².